The standard InChI is InChI=1S/C23H28N4O2/c24-16-21-20(15-22(26-23(21)25)18-3-1-4-18)17-5-7-19(8-6-17)29-12-2-9-27-10-13-28-14-11-27/h5-8,15,18H,1-4,9-14H2,(H2,25,26). The van der Waals surface area contributed by atoms with E-state index in [1.54, 1.807) is 0 Å². The highest BCUT2D eigenvalue weighted by atomic mass is 16.5. The Balaban J connectivity index is 1.39. The molecule has 0 radical (unpaired) electrons. The second kappa shape index (κ2) is 9.25. The minimum absolute atomic E-state index is 0.329. The van der Waals surface area contributed by atoms with Gasteiger partial charge < -0.3 is 15.2 Å². The monoisotopic (exact) mass is 392 g/mol. The van der Waals surface area contributed by atoms with Gasteiger partial charge in [0.1, 0.15) is 23.2 Å². The highest BCUT2D eigenvalue weighted by Crippen LogP contribution is 2.38. The molecule has 6 heteroatoms. The quantitative estimate of drug-likeness (QED) is 0.725. The van der Waals surface area contributed by atoms with Crippen molar-refractivity contribution in [3.63, 3.8) is 0 Å². The molecule has 2 aromatic rings. The average Bonchev–Trinajstić information content (AvgIpc) is 2.71. The summed E-state index contributed by atoms with van der Waals surface area (Å²) in [5, 5.41) is 9.56. The number of hydrogen-bond donors (Lipinski definition) is 1. The fourth-order valence-electron chi connectivity index (χ4n) is 3.88. The van der Waals surface area contributed by atoms with Crippen LogP contribution in [0.5, 0.6) is 5.75 Å². The van der Waals surface area contributed by atoms with Gasteiger partial charge in [0.05, 0.1) is 19.8 Å². The number of nitrogens with two attached hydrogens (primary N) is 1. The number of anilines is 1. The molecule has 6 nitrogen and oxygen atoms in total. The molecule has 0 unspecified atom stereocenters. The molecule has 152 valence electrons. The minimum Gasteiger partial charge on any atom is -0.494 e. The van der Waals surface area contributed by atoms with Crippen molar-refractivity contribution in [3.05, 3.63) is 41.6 Å². The van der Waals surface area contributed by atoms with Gasteiger partial charge in [0, 0.05) is 36.8 Å². The van der Waals surface area contributed by atoms with Crippen LogP contribution in [0.3, 0.4) is 0 Å². The average molecular weight is 393 g/mol. The largest absolute Gasteiger partial charge is 0.494 e. The lowest BCUT2D eigenvalue weighted by Gasteiger charge is -2.26. The molecule has 2 heterocycles. The summed E-state index contributed by atoms with van der Waals surface area (Å²) in [5.74, 6) is 1.64. The second-order valence-corrected chi connectivity index (χ2v) is 7.77. The van der Waals surface area contributed by atoms with E-state index in [4.69, 9.17) is 15.2 Å². The van der Waals surface area contributed by atoms with E-state index < -0.39 is 0 Å². The van der Waals surface area contributed by atoms with E-state index in [1.807, 2.05) is 30.3 Å². The van der Waals surface area contributed by atoms with Crippen molar-refractivity contribution >= 4 is 5.82 Å². The van der Waals surface area contributed by atoms with E-state index in [0.29, 0.717) is 23.9 Å². The van der Waals surface area contributed by atoms with Gasteiger partial charge in [-0.15, -0.1) is 0 Å². The van der Waals surface area contributed by atoms with E-state index >= 15 is 0 Å². The normalized spacial score (nSPS) is 17.5. The molecule has 4 rings (SSSR count). The Morgan fingerprint density at radius 1 is 1.21 bits per heavy atom. The maximum absolute atomic E-state index is 9.56. The van der Waals surface area contributed by atoms with Crippen molar-refractivity contribution in [2.24, 2.45) is 0 Å². The van der Waals surface area contributed by atoms with Gasteiger partial charge in [0.25, 0.3) is 0 Å². The number of nitrogen functional groups attached to an aromatic ring is 1. The number of benzene rings is 1. The summed E-state index contributed by atoms with van der Waals surface area (Å²) < 4.78 is 11.3. The van der Waals surface area contributed by atoms with Crippen LogP contribution in [0, 0.1) is 11.3 Å². The van der Waals surface area contributed by atoms with Crippen LogP contribution in [0.1, 0.15) is 42.9 Å². The van der Waals surface area contributed by atoms with E-state index in [-0.39, 0.29) is 0 Å². The lowest BCUT2D eigenvalue weighted by Crippen LogP contribution is -2.37. The maximum Gasteiger partial charge on any atom is 0.142 e. The highest BCUT2D eigenvalue weighted by molar-refractivity contribution is 5.76. The first-order chi connectivity index (χ1) is 14.2. The first-order valence-corrected chi connectivity index (χ1v) is 10.5. The van der Waals surface area contributed by atoms with Crippen LogP contribution in [-0.4, -0.2) is 49.3 Å². The third-order valence-electron chi connectivity index (χ3n) is 5.86. The minimum atomic E-state index is 0.329. The first kappa shape index (κ1) is 19.7. The van der Waals surface area contributed by atoms with Gasteiger partial charge in [-0.05, 0) is 43.0 Å². The van der Waals surface area contributed by atoms with Crippen LogP contribution in [-0.2, 0) is 4.74 Å². The molecular weight excluding hydrogens is 364 g/mol. The topological polar surface area (TPSA) is 84.4 Å². The molecule has 1 aromatic carbocycles. The van der Waals surface area contributed by atoms with Crippen LogP contribution >= 0.6 is 0 Å². The smallest absolute Gasteiger partial charge is 0.142 e. The molecule has 2 aliphatic rings. The lowest BCUT2D eigenvalue weighted by molar-refractivity contribution is 0.0358. The SMILES string of the molecule is N#Cc1c(-c2ccc(OCCCN3CCOCC3)cc2)cc(C2CCC2)nc1N. The Morgan fingerprint density at radius 3 is 2.62 bits per heavy atom. The number of nitriles is 1. The molecular formula is C23H28N4O2. The molecule has 2 N–H and O–H groups in total. The van der Waals surface area contributed by atoms with Crippen molar-refractivity contribution in [3.8, 4) is 22.9 Å². The predicted molar refractivity (Wildman–Crippen MR) is 113 cm³/mol. The van der Waals surface area contributed by atoms with Crippen molar-refractivity contribution in [1.29, 1.82) is 5.26 Å². The summed E-state index contributed by atoms with van der Waals surface area (Å²) >= 11 is 0. The van der Waals surface area contributed by atoms with Gasteiger partial charge in [0.15, 0.2) is 0 Å². The summed E-state index contributed by atoms with van der Waals surface area (Å²) in [6, 6.07) is 12.2. The van der Waals surface area contributed by atoms with Gasteiger partial charge in [-0.3, -0.25) is 4.90 Å². The number of morpholine rings is 1. The van der Waals surface area contributed by atoms with Crippen molar-refractivity contribution in [1.82, 2.24) is 9.88 Å². The van der Waals surface area contributed by atoms with E-state index in [2.05, 4.69) is 16.0 Å². The third kappa shape index (κ3) is 4.69. The fraction of sp³-hybridized carbons (Fsp3) is 0.478. The zero-order valence-corrected chi connectivity index (χ0v) is 16.8. The molecule has 0 bridgehead atoms. The van der Waals surface area contributed by atoms with Gasteiger partial charge in [-0.1, -0.05) is 18.6 Å². The molecule has 2 fully saturated rings. The van der Waals surface area contributed by atoms with Crippen LogP contribution in [0.4, 0.5) is 5.82 Å². The predicted octanol–water partition coefficient (Wildman–Crippen LogP) is 3.57. The molecule has 1 saturated carbocycles. The van der Waals surface area contributed by atoms with Crippen LogP contribution in [0.15, 0.2) is 30.3 Å². The Bertz CT molecular complexity index is 866. The van der Waals surface area contributed by atoms with E-state index in [1.165, 1.54) is 6.42 Å². The number of aromatic nitrogens is 1. The van der Waals surface area contributed by atoms with Crippen LogP contribution < -0.4 is 10.5 Å². The number of ether oxygens (including phenoxy) is 2. The molecule has 29 heavy (non-hydrogen) atoms. The summed E-state index contributed by atoms with van der Waals surface area (Å²) in [6.45, 7) is 5.40. The first-order valence-electron chi connectivity index (χ1n) is 10.5. The third-order valence-corrected chi connectivity index (χ3v) is 5.86. The van der Waals surface area contributed by atoms with Gasteiger partial charge in [0.2, 0.25) is 0 Å². The molecule has 0 amide bonds. The van der Waals surface area contributed by atoms with Crippen molar-refractivity contribution < 1.29 is 9.47 Å². The van der Waals surface area contributed by atoms with E-state index in [0.717, 1.165) is 74.7 Å². The number of rotatable bonds is 7. The molecule has 0 spiro atoms. The number of nitrogens with zero attached hydrogens (tertiary/aromatic N) is 3. The lowest BCUT2D eigenvalue weighted by atomic mass is 9.81. The second-order valence-electron chi connectivity index (χ2n) is 7.77. The van der Waals surface area contributed by atoms with Crippen LogP contribution in [0.2, 0.25) is 0 Å². The van der Waals surface area contributed by atoms with Crippen molar-refractivity contribution in [2.45, 2.75) is 31.6 Å². The van der Waals surface area contributed by atoms with Gasteiger partial charge in [-0.2, -0.15) is 5.26 Å². The number of hydrogen-bond acceptors (Lipinski definition) is 6. The summed E-state index contributed by atoms with van der Waals surface area (Å²) in [6.07, 6.45) is 4.52. The molecule has 1 aliphatic heterocycles. The summed E-state index contributed by atoms with van der Waals surface area (Å²) in [4.78, 5) is 6.89. The molecule has 1 aromatic heterocycles. The Labute approximate surface area is 172 Å². The Morgan fingerprint density at radius 2 is 1.97 bits per heavy atom. The highest BCUT2D eigenvalue weighted by Gasteiger charge is 2.23. The van der Waals surface area contributed by atoms with Gasteiger partial charge >= 0.3 is 0 Å². The Hall–Kier alpha value is -2.62. The molecule has 1 aliphatic carbocycles. The Kier molecular flexibility index (Phi) is 6.28. The van der Waals surface area contributed by atoms with Crippen molar-refractivity contribution in [2.75, 3.05) is 45.2 Å². The maximum atomic E-state index is 9.56. The zero-order valence-electron chi connectivity index (χ0n) is 16.8. The summed E-state index contributed by atoms with van der Waals surface area (Å²) in [7, 11) is 0. The number of pyridine rings is 1. The van der Waals surface area contributed by atoms with Gasteiger partial charge in [-0.25, -0.2) is 4.98 Å². The fourth-order valence-corrected chi connectivity index (χ4v) is 3.88. The van der Waals surface area contributed by atoms with E-state index in [9.17, 15) is 5.26 Å². The molecule has 1 saturated heterocycles. The van der Waals surface area contributed by atoms with Crippen LogP contribution in [0.25, 0.3) is 11.1 Å². The zero-order chi connectivity index (χ0) is 20.1. The summed E-state index contributed by atoms with van der Waals surface area (Å²) in [5.41, 5.74) is 9.38. The molecule has 0 atom stereocenters.